The monoisotopic (exact) mass is 454 g/mol. The Bertz CT molecular complexity index is 963. The number of likely N-dealkylation sites (tertiary alicyclic amines) is 1. The van der Waals surface area contributed by atoms with Gasteiger partial charge in [-0.3, -0.25) is 4.98 Å². The Hall–Kier alpha value is -2.02. The Labute approximate surface area is 195 Å². The van der Waals surface area contributed by atoms with Crippen LogP contribution in [0.4, 0.5) is 0 Å². The molecular weight excluding hydrogens is 420 g/mol. The molecular formula is C26H34N2O3S. The molecule has 172 valence electrons. The molecule has 4 rings (SSSR count). The maximum atomic E-state index is 10.0. The first kappa shape index (κ1) is 23.1. The fourth-order valence-corrected chi connectivity index (χ4v) is 5.62. The van der Waals surface area contributed by atoms with Gasteiger partial charge in [-0.05, 0) is 98.7 Å². The minimum absolute atomic E-state index is 0.292. The highest BCUT2D eigenvalue weighted by Gasteiger charge is 2.28. The van der Waals surface area contributed by atoms with Crippen LogP contribution in [0.3, 0.4) is 0 Å². The summed E-state index contributed by atoms with van der Waals surface area (Å²) in [4.78, 5) is 8.24. The highest BCUT2D eigenvalue weighted by molar-refractivity contribution is 7.99. The van der Waals surface area contributed by atoms with Gasteiger partial charge in [-0.1, -0.05) is 0 Å². The van der Waals surface area contributed by atoms with Gasteiger partial charge < -0.3 is 19.2 Å². The number of fused-ring (bicyclic) bond motifs is 1. The first-order chi connectivity index (χ1) is 15.8. The number of aromatic nitrogens is 1. The molecule has 0 aliphatic carbocycles. The smallest absolute Gasteiger partial charge is 0.119 e. The number of aliphatic hydroxyl groups is 1. The molecule has 2 aromatic heterocycles. The van der Waals surface area contributed by atoms with Gasteiger partial charge >= 0.3 is 0 Å². The topological polar surface area (TPSA) is 58.7 Å². The van der Waals surface area contributed by atoms with Crippen molar-refractivity contribution in [3.63, 3.8) is 0 Å². The molecule has 3 aromatic rings. The summed E-state index contributed by atoms with van der Waals surface area (Å²) < 4.78 is 10.5. The predicted molar refractivity (Wildman–Crippen MR) is 130 cm³/mol. The number of piperidine rings is 1. The van der Waals surface area contributed by atoms with E-state index in [1.165, 1.54) is 28.7 Å². The second-order valence-electron chi connectivity index (χ2n) is 8.70. The van der Waals surface area contributed by atoms with Crippen LogP contribution in [0.25, 0.3) is 10.9 Å². The quantitative estimate of drug-likeness (QED) is 0.315. The van der Waals surface area contributed by atoms with Gasteiger partial charge in [0, 0.05) is 29.6 Å². The van der Waals surface area contributed by atoms with Crippen molar-refractivity contribution in [2.24, 2.45) is 11.8 Å². The van der Waals surface area contributed by atoms with Gasteiger partial charge in [-0.15, -0.1) is 11.8 Å². The highest BCUT2D eigenvalue weighted by atomic mass is 32.2. The molecule has 6 heteroatoms. The molecule has 0 radical (unpaired) electrons. The lowest BCUT2D eigenvalue weighted by molar-refractivity contribution is 0.0677. The molecule has 1 fully saturated rings. The van der Waals surface area contributed by atoms with E-state index in [1.807, 2.05) is 42.4 Å². The maximum absolute atomic E-state index is 10.0. The zero-order valence-electron chi connectivity index (χ0n) is 18.9. The number of nitrogens with zero attached hydrogens (tertiary/aromatic N) is 2. The lowest BCUT2D eigenvalue weighted by Gasteiger charge is -2.38. The van der Waals surface area contributed by atoms with E-state index in [9.17, 15) is 5.11 Å². The van der Waals surface area contributed by atoms with Crippen LogP contribution in [0, 0.1) is 11.8 Å². The minimum Gasteiger partial charge on any atom is -0.497 e. The summed E-state index contributed by atoms with van der Waals surface area (Å²) >= 11 is 1.85. The Morgan fingerprint density at radius 3 is 2.97 bits per heavy atom. The third-order valence-electron chi connectivity index (χ3n) is 6.65. The molecule has 0 bridgehead atoms. The van der Waals surface area contributed by atoms with Gasteiger partial charge in [0.1, 0.15) is 12.0 Å². The molecule has 2 atom stereocenters. The van der Waals surface area contributed by atoms with Crippen molar-refractivity contribution in [2.45, 2.75) is 37.0 Å². The van der Waals surface area contributed by atoms with E-state index in [1.54, 1.807) is 13.4 Å². The van der Waals surface area contributed by atoms with Crippen molar-refractivity contribution in [1.82, 2.24) is 9.88 Å². The summed E-state index contributed by atoms with van der Waals surface area (Å²) in [6.07, 6.45) is 11.1. The number of furan rings is 1. The van der Waals surface area contributed by atoms with E-state index in [0.717, 1.165) is 55.9 Å². The molecule has 2 unspecified atom stereocenters. The number of ether oxygens (including phenoxy) is 1. The van der Waals surface area contributed by atoms with Gasteiger partial charge in [-0.2, -0.15) is 0 Å². The summed E-state index contributed by atoms with van der Waals surface area (Å²) in [5.74, 6) is 2.98. The van der Waals surface area contributed by atoms with Crippen molar-refractivity contribution < 1.29 is 14.3 Å². The molecule has 3 heterocycles. The summed E-state index contributed by atoms with van der Waals surface area (Å²) in [7, 11) is 1.71. The zero-order chi connectivity index (χ0) is 22.2. The van der Waals surface area contributed by atoms with E-state index < -0.39 is 0 Å². The van der Waals surface area contributed by atoms with Crippen molar-refractivity contribution in [3.05, 3.63) is 54.6 Å². The number of rotatable bonds is 11. The van der Waals surface area contributed by atoms with Gasteiger partial charge in [0.25, 0.3) is 0 Å². The van der Waals surface area contributed by atoms with E-state index >= 15 is 0 Å². The SMILES string of the molecule is COc1ccc2nccc(CCCC3CCN(CCCSc4ccoc4)CC3CO)c2c1. The van der Waals surface area contributed by atoms with Crippen LogP contribution < -0.4 is 4.74 Å². The number of pyridine rings is 1. The molecule has 1 N–H and O–H groups in total. The van der Waals surface area contributed by atoms with E-state index in [-0.39, 0.29) is 0 Å². The molecule has 32 heavy (non-hydrogen) atoms. The zero-order valence-corrected chi connectivity index (χ0v) is 19.7. The van der Waals surface area contributed by atoms with Crippen LogP contribution in [0.2, 0.25) is 0 Å². The van der Waals surface area contributed by atoms with Crippen LogP contribution >= 0.6 is 11.8 Å². The van der Waals surface area contributed by atoms with E-state index in [2.05, 4.69) is 22.0 Å². The van der Waals surface area contributed by atoms with Crippen LogP contribution in [-0.4, -0.2) is 54.1 Å². The molecule has 0 amide bonds. The number of thioether (sulfide) groups is 1. The summed E-state index contributed by atoms with van der Waals surface area (Å²) in [5.41, 5.74) is 2.36. The normalized spacial score (nSPS) is 19.4. The molecule has 5 nitrogen and oxygen atoms in total. The number of aliphatic hydroxyl groups excluding tert-OH is 1. The number of aryl methyl sites for hydroxylation is 1. The Kier molecular flexibility index (Phi) is 8.49. The fourth-order valence-electron chi connectivity index (χ4n) is 4.84. The summed E-state index contributed by atoms with van der Waals surface area (Å²) in [6.45, 7) is 3.57. The molecule has 1 aromatic carbocycles. The maximum Gasteiger partial charge on any atom is 0.119 e. The highest BCUT2D eigenvalue weighted by Crippen LogP contribution is 2.30. The van der Waals surface area contributed by atoms with Gasteiger partial charge in [0.15, 0.2) is 0 Å². The number of benzene rings is 1. The lowest BCUT2D eigenvalue weighted by Crippen LogP contribution is -2.42. The second-order valence-corrected chi connectivity index (χ2v) is 9.87. The summed E-state index contributed by atoms with van der Waals surface area (Å²) in [6, 6.07) is 10.2. The Morgan fingerprint density at radius 2 is 2.16 bits per heavy atom. The van der Waals surface area contributed by atoms with Gasteiger partial charge in [0.2, 0.25) is 0 Å². The van der Waals surface area contributed by atoms with Crippen LogP contribution in [0.1, 0.15) is 31.2 Å². The Balaban J connectivity index is 1.23. The summed E-state index contributed by atoms with van der Waals surface area (Å²) in [5, 5.41) is 11.2. The number of methoxy groups -OCH3 is 1. The largest absolute Gasteiger partial charge is 0.497 e. The molecule has 0 spiro atoms. The van der Waals surface area contributed by atoms with Gasteiger partial charge in [-0.25, -0.2) is 0 Å². The second kappa shape index (κ2) is 11.7. The third kappa shape index (κ3) is 6.06. The lowest BCUT2D eigenvalue weighted by atomic mass is 9.82. The van der Waals surface area contributed by atoms with Crippen LogP contribution in [0.15, 0.2) is 58.4 Å². The van der Waals surface area contributed by atoms with Crippen LogP contribution in [0.5, 0.6) is 5.75 Å². The third-order valence-corrected chi connectivity index (χ3v) is 7.71. The van der Waals surface area contributed by atoms with Crippen LogP contribution in [-0.2, 0) is 6.42 Å². The first-order valence-electron chi connectivity index (χ1n) is 11.7. The van der Waals surface area contributed by atoms with Crippen molar-refractivity contribution >= 4 is 22.7 Å². The standard InChI is InChI=1S/C26H34N2O3S/c1-30-23-6-7-26-25(16-23)21(8-11-27-26)5-2-4-20-9-13-28(17-22(20)18-29)12-3-15-32-24-10-14-31-19-24/h6-8,10-11,14,16,19-20,22,29H,2-5,9,12-13,15,17-18H2,1H3. The fraction of sp³-hybridized carbons (Fsp3) is 0.500. The molecule has 0 saturated carbocycles. The first-order valence-corrected chi connectivity index (χ1v) is 12.6. The van der Waals surface area contributed by atoms with Crippen molar-refractivity contribution in [2.75, 3.05) is 39.1 Å². The van der Waals surface area contributed by atoms with Crippen molar-refractivity contribution in [1.29, 1.82) is 0 Å². The Morgan fingerprint density at radius 1 is 1.22 bits per heavy atom. The molecule has 1 aliphatic rings. The number of hydrogen-bond acceptors (Lipinski definition) is 6. The van der Waals surface area contributed by atoms with E-state index in [0.29, 0.717) is 18.4 Å². The van der Waals surface area contributed by atoms with Crippen molar-refractivity contribution in [3.8, 4) is 5.75 Å². The average Bonchev–Trinajstić information content (AvgIpc) is 3.36. The van der Waals surface area contributed by atoms with E-state index in [4.69, 9.17) is 9.15 Å². The predicted octanol–water partition coefficient (Wildman–Crippen LogP) is 5.27. The molecule has 1 saturated heterocycles. The average molecular weight is 455 g/mol. The van der Waals surface area contributed by atoms with Gasteiger partial charge in [0.05, 0.1) is 18.9 Å². The molecule has 1 aliphatic heterocycles. The number of hydrogen-bond donors (Lipinski definition) is 1. The minimum atomic E-state index is 0.292.